The van der Waals surface area contributed by atoms with E-state index in [1.165, 1.54) is 19.1 Å². The quantitative estimate of drug-likeness (QED) is 0.506. The van der Waals surface area contributed by atoms with Crippen molar-refractivity contribution in [3.05, 3.63) is 18.2 Å². The number of nitrogens with one attached hydrogen (secondary N) is 1. The standard InChI is InChI=1S/C20H30BN3O6/c1-20(2,3)16(23-19(27)29-5)17(25)24-10-12(9-13(24)18(26)28-4)11-30-15-8-6-7-14(21)22-15/h6-8,12-13,16H,9-11,21H2,1-5H3,(H,23,27)/t12-,13+,16-/m1/s1. The van der Waals surface area contributed by atoms with Crippen molar-refractivity contribution in [3.8, 4) is 5.88 Å². The van der Waals surface area contributed by atoms with Crippen molar-refractivity contribution >= 4 is 31.4 Å². The Morgan fingerprint density at radius 3 is 2.53 bits per heavy atom. The zero-order valence-corrected chi connectivity index (χ0v) is 18.4. The third kappa shape index (κ3) is 5.87. The van der Waals surface area contributed by atoms with Crippen LogP contribution in [0.2, 0.25) is 0 Å². The van der Waals surface area contributed by atoms with E-state index >= 15 is 0 Å². The maximum Gasteiger partial charge on any atom is 0.407 e. The third-order valence-corrected chi connectivity index (χ3v) is 5.03. The molecule has 1 fully saturated rings. The van der Waals surface area contributed by atoms with Gasteiger partial charge >= 0.3 is 12.1 Å². The van der Waals surface area contributed by atoms with E-state index in [2.05, 4.69) is 15.0 Å². The molecule has 164 valence electrons. The number of rotatable bonds is 6. The molecule has 0 unspecified atom stereocenters. The SMILES string of the molecule is Bc1cccc(OC[C@@H]2C[C@@H](C(=O)OC)N(C(=O)[C@@H](NC(=O)OC)C(C)(C)C)C2)n1. The number of hydrogen-bond acceptors (Lipinski definition) is 7. The molecule has 10 heteroatoms. The highest BCUT2D eigenvalue weighted by atomic mass is 16.5. The molecule has 1 saturated heterocycles. The summed E-state index contributed by atoms with van der Waals surface area (Å²) in [5.74, 6) is -0.446. The van der Waals surface area contributed by atoms with Gasteiger partial charge in [0, 0.05) is 18.5 Å². The molecule has 3 atom stereocenters. The summed E-state index contributed by atoms with van der Waals surface area (Å²) in [6, 6.07) is 3.88. The average Bonchev–Trinajstić information content (AvgIpc) is 3.12. The molecule has 2 heterocycles. The number of amides is 2. The number of ether oxygens (including phenoxy) is 3. The maximum absolute atomic E-state index is 13.3. The van der Waals surface area contributed by atoms with Crippen LogP contribution in [0, 0.1) is 11.3 Å². The molecular formula is C20H30BN3O6. The van der Waals surface area contributed by atoms with Crippen LogP contribution in [0.3, 0.4) is 0 Å². The Bertz CT molecular complexity index is 782. The minimum Gasteiger partial charge on any atom is -0.477 e. The Labute approximate surface area is 177 Å². The first-order chi connectivity index (χ1) is 14.1. The van der Waals surface area contributed by atoms with Crippen LogP contribution in [0.25, 0.3) is 0 Å². The predicted molar refractivity (Wildman–Crippen MR) is 112 cm³/mol. The smallest absolute Gasteiger partial charge is 0.407 e. The van der Waals surface area contributed by atoms with E-state index in [0.717, 1.165) is 5.59 Å². The van der Waals surface area contributed by atoms with Gasteiger partial charge in [0.05, 0.1) is 20.8 Å². The number of aromatic nitrogens is 1. The zero-order valence-electron chi connectivity index (χ0n) is 18.4. The summed E-state index contributed by atoms with van der Waals surface area (Å²) < 4.78 is 15.4. The zero-order chi connectivity index (χ0) is 22.5. The van der Waals surface area contributed by atoms with Crippen molar-refractivity contribution in [3.63, 3.8) is 0 Å². The van der Waals surface area contributed by atoms with Gasteiger partial charge in [0.25, 0.3) is 0 Å². The Balaban J connectivity index is 2.17. The van der Waals surface area contributed by atoms with Gasteiger partial charge in [-0.15, -0.1) is 0 Å². The van der Waals surface area contributed by atoms with Crippen LogP contribution in [0.15, 0.2) is 18.2 Å². The molecule has 1 aromatic heterocycles. The number of esters is 1. The number of hydrogen-bond donors (Lipinski definition) is 1. The number of alkyl carbamates (subject to hydrolysis) is 1. The van der Waals surface area contributed by atoms with Gasteiger partial charge < -0.3 is 24.4 Å². The summed E-state index contributed by atoms with van der Waals surface area (Å²) in [4.78, 5) is 43.3. The van der Waals surface area contributed by atoms with Gasteiger partial charge in [-0.1, -0.05) is 32.9 Å². The van der Waals surface area contributed by atoms with E-state index in [0.29, 0.717) is 25.5 Å². The van der Waals surface area contributed by atoms with Crippen LogP contribution in [-0.2, 0) is 19.1 Å². The van der Waals surface area contributed by atoms with Crippen molar-refractivity contribution in [1.29, 1.82) is 0 Å². The Morgan fingerprint density at radius 2 is 1.97 bits per heavy atom. The van der Waals surface area contributed by atoms with Gasteiger partial charge in [-0.2, -0.15) is 0 Å². The molecule has 0 saturated carbocycles. The van der Waals surface area contributed by atoms with Crippen molar-refractivity contribution in [2.24, 2.45) is 11.3 Å². The van der Waals surface area contributed by atoms with E-state index in [-0.39, 0.29) is 11.8 Å². The van der Waals surface area contributed by atoms with Gasteiger partial charge in [-0.05, 0) is 17.4 Å². The molecule has 2 amide bonds. The molecule has 2 rings (SSSR count). The normalized spacial score (nSPS) is 19.7. The van der Waals surface area contributed by atoms with Crippen molar-refractivity contribution < 1.29 is 28.6 Å². The summed E-state index contributed by atoms with van der Waals surface area (Å²) in [6.45, 7) is 6.11. The Kier molecular flexibility index (Phi) is 7.69. The summed E-state index contributed by atoms with van der Waals surface area (Å²) in [5, 5.41) is 2.59. The topological polar surface area (TPSA) is 107 Å². The molecule has 0 bridgehead atoms. The molecule has 0 aliphatic carbocycles. The van der Waals surface area contributed by atoms with E-state index in [1.54, 1.807) is 6.07 Å². The lowest BCUT2D eigenvalue weighted by molar-refractivity contribution is -0.152. The molecule has 0 aromatic carbocycles. The first-order valence-electron chi connectivity index (χ1n) is 9.86. The van der Waals surface area contributed by atoms with Crippen LogP contribution < -0.4 is 15.6 Å². The van der Waals surface area contributed by atoms with E-state index < -0.39 is 29.6 Å². The molecule has 1 aliphatic rings. The van der Waals surface area contributed by atoms with Gasteiger partial charge in [-0.25, -0.2) is 14.6 Å². The van der Waals surface area contributed by atoms with Crippen LogP contribution in [-0.4, -0.2) is 75.2 Å². The highest BCUT2D eigenvalue weighted by Gasteiger charge is 2.45. The second-order valence-electron chi connectivity index (χ2n) is 8.49. The summed E-state index contributed by atoms with van der Waals surface area (Å²) >= 11 is 0. The maximum atomic E-state index is 13.3. The third-order valence-electron chi connectivity index (χ3n) is 5.03. The molecule has 1 aliphatic heterocycles. The first kappa shape index (κ1) is 23.5. The molecule has 0 radical (unpaired) electrons. The fourth-order valence-electron chi connectivity index (χ4n) is 3.44. The first-order valence-corrected chi connectivity index (χ1v) is 9.86. The van der Waals surface area contributed by atoms with Crippen molar-refractivity contribution in [2.75, 3.05) is 27.4 Å². The molecule has 9 nitrogen and oxygen atoms in total. The monoisotopic (exact) mass is 419 g/mol. The van der Waals surface area contributed by atoms with Gasteiger partial charge in [-0.3, -0.25) is 4.79 Å². The van der Waals surface area contributed by atoms with Crippen LogP contribution in [0.5, 0.6) is 5.88 Å². The largest absolute Gasteiger partial charge is 0.477 e. The van der Waals surface area contributed by atoms with Crippen LogP contribution in [0.4, 0.5) is 4.79 Å². The minimum absolute atomic E-state index is 0.0842. The second kappa shape index (κ2) is 9.82. The van der Waals surface area contributed by atoms with E-state index in [4.69, 9.17) is 9.47 Å². The molecule has 1 N–H and O–H groups in total. The van der Waals surface area contributed by atoms with Gasteiger partial charge in [0.2, 0.25) is 11.8 Å². The fraction of sp³-hybridized carbons (Fsp3) is 0.600. The van der Waals surface area contributed by atoms with Crippen LogP contribution in [0.1, 0.15) is 27.2 Å². The lowest BCUT2D eigenvalue weighted by Gasteiger charge is -2.34. The van der Waals surface area contributed by atoms with E-state index in [1.807, 2.05) is 40.8 Å². The predicted octanol–water partition coefficient (Wildman–Crippen LogP) is -0.120. The lowest BCUT2D eigenvalue weighted by atomic mass is 9.85. The summed E-state index contributed by atoms with van der Waals surface area (Å²) in [7, 11) is 4.40. The number of nitrogens with zero attached hydrogens (tertiary/aromatic N) is 2. The number of likely N-dealkylation sites (tertiary alicyclic amines) is 1. The average molecular weight is 419 g/mol. The minimum atomic E-state index is -0.866. The summed E-state index contributed by atoms with van der Waals surface area (Å²) in [5.41, 5.74) is 0.247. The van der Waals surface area contributed by atoms with Gasteiger partial charge in [0.15, 0.2) is 7.85 Å². The number of carbonyl (C=O) groups is 3. The van der Waals surface area contributed by atoms with Crippen LogP contribution >= 0.6 is 0 Å². The molecule has 1 aromatic rings. The molecular weight excluding hydrogens is 389 g/mol. The molecule has 30 heavy (non-hydrogen) atoms. The number of pyridine rings is 1. The number of carbonyl (C=O) groups excluding carboxylic acids is 3. The fourth-order valence-corrected chi connectivity index (χ4v) is 3.44. The Hall–Kier alpha value is -2.78. The summed E-state index contributed by atoms with van der Waals surface area (Å²) in [6.07, 6.45) is -0.304. The van der Waals surface area contributed by atoms with Crippen molar-refractivity contribution in [1.82, 2.24) is 15.2 Å². The van der Waals surface area contributed by atoms with Gasteiger partial charge in [0.1, 0.15) is 12.1 Å². The highest BCUT2D eigenvalue weighted by Crippen LogP contribution is 2.29. The lowest BCUT2D eigenvalue weighted by Crippen LogP contribution is -2.56. The van der Waals surface area contributed by atoms with Crippen molar-refractivity contribution in [2.45, 2.75) is 39.3 Å². The number of methoxy groups -OCH3 is 2. The Morgan fingerprint density at radius 1 is 1.27 bits per heavy atom. The second-order valence-corrected chi connectivity index (χ2v) is 8.49. The molecule has 0 spiro atoms. The van der Waals surface area contributed by atoms with E-state index in [9.17, 15) is 14.4 Å². The highest BCUT2D eigenvalue weighted by molar-refractivity contribution is 6.30.